The molecule has 5 nitrogen and oxygen atoms in total. The number of aromatic nitrogens is 1. The number of likely N-dealkylation sites (tertiary alicyclic amines) is 1. The van der Waals surface area contributed by atoms with Crippen LogP contribution in [0.1, 0.15) is 45.1 Å². The molecule has 1 atom stereocenters. The van der Waals surface area contributed by atoms with E-state index >= 15 is 0 Å². The Hall–Kier alpha value is -2.28. The molecule has 0 bridgehead atoms. The second-order valence-corrected chi connectivity index (χ2v) is 9.78. The van der Waals surface area contributed by atoms with Gasteiger partial charge >= 0.3 is 0 Å². The lowest BCUT2D eigenvalue weighted by Gasteiger charge is -2.40. The van der Waals surface area contributed by atoms with Gasteiger partial charge in [-0.3, -0.25) is 9.78 Å². The maximum Gasteiger partial charge on any atom is 0.267 e. The van der Waals surface area contributed by atoms with Gasteiger partial charge in [-0.2, -0.15) is 0 Å². The highest BCUT2D eigenvalue weighted by molar-refractivity contribution is 5.93. The summed E-state index contributed by atoms with van der Waals surface area (Å²) < 4.78 is 29.4. The number of alkyl halides is 2. The van der Waals surface area contributed by atoms with Crippen LogP contribution >= 0.6 is 0 Å². The molecule has 2 aromatic rings. The van der Waals surface area contributed by atoms with Crippen molar-refractivity contribution in [3.8, 4) is 0 Å². The molecule has 0 spiro atoms. The van der Waals surface area contributed by atoms with Gasteiger partial charge in [0.1, 0.15) is 0 Å². The van der Waals surface area contributed by atoms with Crippen LogP contribution in [0.2, 0.25) is 0 Å². The highest BCUT2D eigenvalue weighted by Crippen LogP contribution is 2.34. The number of carbonyl (C=O) groups is 1. The number of piperidine rings is 2. The van der Waals surface area contributed by atoms with Gasteiger partial charge in [-0.05, 0) is 76.4 Å². The molecule has 1 aromatic heterocycles. The third-order valence-electron chi connectivity index (χ3n) is 6.92. The summed E-state index contributed by atoms with van der Waals surface area (Å²) in [5, 5.41) is 3.79. The van der Waals surface area contributed by atoms with Crippen molar-refractivity contribution in [2.24, 2.45) is 5.92 Å². The van der Waals surface area contributed by atoms with Gasteiger partial charge in [0, 0.05) is 42.7 Å². The Morgan fingerprint density at radius 2 is 2.00 bits per heavy atom. The SMILES string of the molecule is Cc1ccc(N2C[C@@H](NC(=O)CC3CCN(C(C)C)CC3)CC(F)(F)C2)c2cccnc12. The van der Waals surface area contributed by atoms with E-state index in [4.69, 9.17) is 0 Å². The molecule has 2 fully saturated rings. The van der Waals surface area contributed by atoms with Crippen molar-refractivity contribution in [2.45, 2.75) is 64.5 Å². The van der Waals surface area contributed by atoms with E-state index in [-0.39, 0.29) is 18.9 Å². The molecular formula is C25H34F2N4O. The zero-order valence-electron chi connectivity index (χ0n) is 19.3. The molecule has 4 rings (SSSR count). The van der Waals surface area contributed by atoms with Crippen LogP contribution in [0.15, 0.2) is 30.5 Å². The standard InChI is InChI=1S/C25H34F2N4O/c1-17(2)30-11-8-19(9-12-30)13-23(32)29-20-14-25(26,27)16-31(15-20)22-7-6-18(3)24-21(22)5-4-10-28-24/h4-7,10,17,19-20H,8-9,11-16H2,1-3H3,(H,29,32)/t20-/m0/s1. The fourth-order valence-corrected chi connectivity index (χ4v) is 5.18. The summed E-state index contributed by atoms with van der Waals surface area (Å²) in [6, 6.07) is 7.52. The van der Waals surface area contributed by atoms with E-state index in [9.17, 15) is 13.6 Å². The Morgan fingerprint density at radius 1 is 1.25 bits per heavy atom. The monoisotopic (exact) mass is 444 g/mol. The topological polar surface area (TPSA) is 48.5 Å². The van der Waals surface area contributed by atoms with Crippen LogP contribution in [0, 0.1) is 12.8 Å². The Bertz CT molecular complexity index is 956. The first-order valence-electron chi connectivity index (χ1n) is 11.7. The maximum absolute atomic E-state index is 14.7. The Kier molecular flexibility index (Phi) is 6.65. The molecule has 1 aromatic carbocycles. The summed E-state index contributed by atoms with van der Waals surface area (Å²) in [7, 11) is 0. The second-order valence-electron chi connectivity index (χ2n) is 9.78. The van der Waals surface area contributed by atoms with Gasteiger partial charge in [-0.1, -0.05) is 6.07 Å². The molecule has 1 amide bonds. The fraction of sp³-hybridized carbons (Fsp3) is 0.600. The summed E-state index contributed by atoms with van der Waals surface area (Å²) in [6.07, 6.45) is 3.80. The van der Waals surface area contributed by atoms with Gasteiger partial charge < -0.3 is 15.1 Å². The molecule has 2 aliphatic heterocycles. The number of hydrogen-bond acceptors (Lipinski definition) is 4. The largest absolute Gasteiger partial charge is 0.363 e. The number of nitrogens with one attached hydrogen (secondary N) is 1. The first-order valence-corrected chi connectivity index (χ1v) is 11.7. The first-order chi connectivity index (χ1) is 15.2. The average molecular weight is 445 g/mol. The quantitative estimate of drug-likeness (QED) is 0.743. The molecule has 2 aliphatic rings. The van der Waals surface area contributed by atoms with E-state index < -0.39 is 12.0 Å². The molecule has 1 N–H and O–H groups in total. The number of hydrogen-bond donors (Lipinski definition) is 1. The van der Waals surface area contributed by atoms with Crippen LogP contribution in [0.25, 0.3) is 10.9 Å². The Morgan fingerprint density at radius 3 is 2.72 bits per heavy atom. The summed E-state index contributed by atoms with van der Waals surface area (Å²) in [5.74, 6) is -2.64. The summed E-state index contributed by atoms with van der Waals surface area (Å²) in [5.41, 5.74) is 2.59. The summed E-state index contributed by atoms with van der Waals surface area (Å²) >= 11 is 0. The third-order valence-corrected chi connectivity index (χ3v) is 6.92. The van der Waals surface area contributed by atoms with Crippen LogP contribution in [-0.2, 0) is 4.79 Å². The number of rotatable bonds is 5. The normalized spacial score (nSPS) is 22.4. The van der Waals surface area contributed by atoms with Crippen molar-refractivity contribution in [1.82, 2.24) is 15.2 Å². The van der Waals surface area contributed by atoms with Crippen molar-refractivity contribution in [2.75, 3.05) is 31.1 Å². The van der Waals surface area contributed by atoms with Gasteiger partial charge in [-0.15, -0.1) is 0 Å². The lowest BCUT2D eigenvalue weighted by atomic mass is 9.92. The summed E-state index contributed by atoms with van der Waals surface area (Å²) in [4.78, 5) is 21.3. The maximum atomic E-state index is 14.7. The van der Waals surface area contributed by atoms with Crippen molar-refractivity contribution < 1.29 is 13.6 Å². The third kappa shape index (κ3) is 5.20. The number of amides is 1. The van der Waals surface area contributed by atoms with E-state index in [1.54, 1.807) is 11.1 Å². The van der Waals surface area contributed by atoms with Crippen LogP contribution < -0.4 is 10.2 Å². The molecule has 0 aliphatic carbocycles. The van der Waals surface area contributed by atoms with Crippen LogP contribution in [0.4, 0.5) is 14.5 Å². The molecule has 7 heteroatoms. The summed E-state index contributed by atoms with van der Waals surface area (Å²) in [6.45, 7) is 8.38. The van der Waals surface area contributed by atoms with Gasteiger partial charge in [0.25, 0.3) is 5.92 Å². The fourth-order valence-electron chi connectivity index (χ4n) is 5.18. The molecule has 0 saturated carbocycles. The van der Waals surface area contributed by atoms with Crippen LogP contribution in [0.3, 0.4) is 0 Å². The Balaban J connectivity index is 1.42. The zero-order chi connectivity index (χ0) is 22.9. The van der Waals surface area contributed by atoms with E-state index in [0.717, 1.165) is 48.1 Å². The predicted octanol–water partition coefficient (Wildman–Crippen LogP) is 4.38. The molecular weight excluding hydrogens is 410 g/mol. The van der Waals surface area contributed by atoms with E-state index in [2.05, 4.69) is 29.0 Å². The van der Waals surface area contributed by atoms with Gasteiger partial charge in [0.2, 0.25) is 5.91 Å². The van der Waals surface area contributed by atoms with Crippen molar-refractivity contribution in [1.29, 1.82) is 0 Å². The zero-order valence-corrected chi connectivity index (χ0v) is 19.3. The van der Waals surface area contributed by atoms with Crippen molar-refractivity contribution in [3.05, 3.63) is 36.0 Å². The number of carbonyl (C=O) groups excluding carboxylic acids is 1. The highest BCUT2D eigenvalue weighted by Gasteiger charge is 2.41. The number of anilines is 1. The number of fused-ring (bicyclic) bond motifs is 1. The van der Waals surface area contributed by atoms with E-state index in [1.165, 1.54) is 0 Å². The van der Waals surface area contributed by atoms with Crippen LogP contribution in [-0.4, -0.2) is 60.0 Å². The van der Waals surface area contributed by atoms with E-state index in [1.807, 2.05) is 31.2 Å². The molecule has 2 saturated heterocycles. The van der Waals surface area contributed by atoms with Crippen LogP contribution in [0.5, 0.6) is 0 Å². The second kappa shape index (κ2) is 9.30. The van der Waals surface area contributed by atoms with Gasteiger partial charge in [0.05, 0.1) is 18.1 Å². The van der Waals surface area contributed by atoms with Crippen molar-refractivity contribution >= 4 is 22.5 Å². The minimum absolute atomic E-state index is 0.105. The van der Waals surface area contributed by atoms with Gasteiger partial charge in [0.15, 0.2) is 0 Å². The predicted molar refractivity (Wildman–Crippen MR) is 124 cm³/mol. The minimum atomic E-state index is -2.86. The molecule has 174 valence electrons. The van der Waals surface area contributed by atoms with Gasteiger partial charge in [-0.25, -0.2) is 8.78 Å². The lowest BCUT2D eigenvalue weighted by molar-refractivity contribution is -0.124. The molecule has 0 radical (unpaired) electrons. The number of halogens is 2. The first kappa shape index (κ1) is 22.9. The number of aryl methyl sites for hydroxylation is 1. The van der Waals surface area contributed by atoms with Crippen molar-refractivity contribution in [3.63, 3.8) is 0 Å². The number of pyridine rings is 1. The smallest absolute Gasteiger partial charge is 0.267 e. The Labute approximate surface area is 189 Å². The number of benzene rings is 1. The number of nitrogens with zero attached hydrogens (tertiary/aromatic N) is 3. The van der Waals surface area contributed by atoms with E-state index in [0.29, 0.717) is 24.9 Å². The molecule has 3 heterocycles. The highest BCUT2D eigenvalue weighted by atomic mass is 19.3. The lowest BCUT2D eigenvalue weighted by Crippen LogP contribution is -2.55. The molecule has 32 heavy (non-hydrogen) atoms. The molecule has 0 unspecified atom stereocenters. The average Bonchev–Trinajstić information content (AvgIpc) is 2.73. The minimum Gasteiger partial charge on any atom is -0.363 e.